The number of amides is 1. The van der Waals surface area contributed by atoms with Gasteiger partial charge in [0.05, 0.1) is 7.11 Å². The first-order chi connectivity index (χ1) is 6.11. The van der Waals surface area contributed by atoms with E-state index in [1.54, 1.807) is 18.2 Å². The van der Waals surface area contributed by atoms with Crippen molar-refractivity contribution >= 4 is 35.0 Å². The van der Waals surface area contributed by atoms with Crippen LogP contribution in [-0.2, 0) is 4.74 Å². The van der Waals surface area contributed by atoms with Gasteiger partial charge in [-0.1, -0.05) is 23.2 Å². The van der Waals surface area contributed by atoms with Gasteiger partial charge in [0.2, 0.25) is 0 Å². The Labute approximate surface area is 85.6 Å². The van der Waals surface area contributed by atoms with Gasteiger partial charge in [0.25, 0.3) is 0 Å². The van der Waals surface area contributed by atoms with E-state index in [1.165, 1.54) is 7.11 Å². The Kier molecular flexibility index (Phi) is 3.39. The zero-order chi connectivity index (χ0) is 9.84. The predicted molar refractivity (Wildman–Crippen MR) is 52.5 cm³/mol. The van der Waals surface area contributed by atoms with Gasteiger partial charge in [-0.3, -0.25) is 5.32 Å². The summed E-state index contributed by atoms with van der Waals surface area (Å²) < 4.78 is 4.40. The summed E-state index contributed by atoms with van der Waals surface area (Å²) >= 11 is 11.4. The van der Waals surface area contributed by atoms with Crippen molar-refractivity contribution in [1.29, 1.82) is 0 Å². The van der Waals surface area contributed by atoms with Crippen molar-refractivity contribution in [3.05, 3.63) is 28.2 Å². The number of carbonyl (C=O) groups excluding carboxylic acids is 1. The van der Waals surface area contributed by atoms with E-state index in [0.29, 0.717) is 15.7 Å². The fourth-order valence-corrected chi connectivity index (χ4v) is 1.32. The maximum Gasteiger partial charge on any atom is 0.411 e. The number of anilines is 1. The average molecular weight is 220 g/mol. The molecule has 70 valence electrons. The van der Waals surface area contributed by atoms with Gasteiger partial charge in [-0.15, -0.1) is 0 Å². The van der Waals surface area contributed by atoms with E-state index in [0.717, 1.165) is 0 Å². The van der Waals surface area contributed by atoms with E-state index in [-0.39, 0.29) is 0 Å². The molecule has 0 aliphatic carbocycles. The van der Waals surface area contributed by atoms with Crippen LogP contribution in [0.4, 0.5) is 10.5 Å². The Balaban J connectivity index is 2.83. The molecule has 1 amide bonds. The van der Waals surface area contributed by atoms with Gasteiger partial charge in [0.15, 0.2) is 0 Å². The van der Waals surface area contributed by atoms with Crippen molar-refractivity contribution in [3.8, 4) is 0 Å². The summed E-state index contributed by atoms with van der Waals surface area (Å²) in [7, 11) is 1.28. The second-order valence-electron chi connectivity index (χ2n) is 2.27. The number of carbonyl (C=O) groups is 1. The van der Waals surface area contributed by atoms with Crippen LogP contribution in [0.3, 0.4) is 0 Å². The summed E-state index contributed by atoms with van der Waals surface area (Å²) in [6, 6.07) is 4.72. The number of benzene rings is 1. The maximum absolute atomic E-state index is 10.8. The van der Waals surface area contributed by atoms with Crippen LogP contribution in [0.1, 0.15) is 0 Å². The lowest BCUT2D eigenvalue weighted by atomic mass is 10.3. The van der Waals surface area contributed by atoms with Crippen molar-refractivity contribution in [2.45, 2.75) is 0 Å². The third-order valence-electron chi connectivity index (χ3n) is 1.29. The van der Waals surface area contributed by atoms with Crippen molar-refractivity contribution in [1.82, 2.24) is 0 Å². The Morgan fingerprint density at radius 1 is 1.31 bits per heavy atom. The summed E-state index contributed by atoms with van der Waals surface area (Å²) in [4.78, 5) is 10.8. The molecule has 5 heteroatoms. The van der Waals surface area contributed by atoms with Crippen LogP contribution in [-0.4, -0.2) is 13.2 Å². The molecule has 1 aromatic rings. The highest BCUT2D eigenvalue weighted by molar-refractivity contribution is 6.35. The topological polar surface area (TPSA) is 38.3 Å². The first-order valence-corrected chi connectivity index (χ1v) is 4.18. The number of hydrogen-bond donors (Lipinski definition) is 1. The molecule has 0 aliphatic rings. The summed E-state index contributed by atoms with van der Waals surface area (Å²) in [6.45, 7) is 0. The second-order valence-corrected chi connectivity index (χ2v) is 3.15. The average Bonchev–Trinajstić information content (AvgIpc) is 2.02. The number of rotatable bonds is 1. The molecular formula is C8H7Cl2NO2. The fraction of sp³-hybridized carbons (Fsp3) is 0.125. The Morgan fingerprint density at radius 2 is 1.85 bits per heavy atom. The molecule has 1 N–H and O–H groups in total. The highest BCUT2D eigenvalue weighted by Crippen LogP contribution is 2.22. The van der Waals surface area contributed by atoms with Crippen molar-refractivity contribution < 1.29 is 9.53 Å². The minimum Gasteiger partial charge on any atom is -0.453 e. The van der Waals surface area contributed by atoms with Gasteiger partial charge in [-0.05, 0) is 18.2 Å². The number of halogens is 2. The van der Waals surface area contributed by atoms with Crippen LogP contribution < -0.4 is 5.32 Å². The normalized spacial score (nSPS) is 9.46. The van der Waals surface area contributed by atoms with Crippen molar-refractivity contribution in [2.24, 2.45) is 0 Å². The molecule has 0 atom stereocenters. The molecule has 0 saturated heterocycles. The maximum atomic E-state index is 10.8. The van der Waals surface area contributed by atoms with Crippen LogP contribution in [0.2, 0.25) is 10.0 Å². The molecule has 0 spiro atoms. The largest absolute Gasteiger partial charge is 0.453 e. The molecule has 0 bridgehead atoms. The molecule has 1 aromatic carbocycles. The third-order valence-corrected chi connectivity index (χ3v) is 1.73. The van der Waals surface area contributed by atoms with Gasteiger partial charge in [-0.2, -0.15) is 0 Å². The monoisotopic (exact) mass is 219 g/mol. The lowest BCUT2D eigenvalue weighted by Crippen LogP contribution is -2.10. The molecule has 0 radical (unpaired) electrons. The van der Waals surface area contributed by atoms with Crippen LogP contribution in [0, 0.1) is 0 Å². The lowest BCUT2D eigenvalue weighted by Gasteiger charge is -2.04. The molecule has 0 unspecified atom stereocenters. The molecule has 0 heterocycles. The smallest absolute Gasteiger partial charge is 0.411 e. The Morgan fingerprint density at radius 3 is 2.31 bits per heavy atom. The van der Waals surface area contributed by atoms with Gasteiger partial charge in [0, 0.05) is 15.7 Å². The van der Waals surface area contributed by atoms with Gasteiger partial charge in [0.1, 0.15) is 0 Å². The first kappa shape index (κ1) is 10.2. The Bertz CT molecular complexity index is 308. The van der Waals surface area contributed by atoms with E-state index < -0.39 is 6.09 Å². The summed E-state index contributed by atoms with van der Waals surface area (Å²) in [5.74, 6) is 0. The van der Waals surface area contributed by atoms with E-state index in [9.17, 15) is 4.79 Å². The van der Waals surface area contributed by atoms with Crippen LogP contribution in [0.25, 0.3) is 0 Å². The minimum absolute atomic E-state index is 0.457. The van der Waals surface area contributed by atoms with Crippen LogP contribution in [0.15, 0.2) is 18.2 Å². The fourth-order valence-electron chi connectivity index (χ4n) is 0.795. The minimum atomic E-state index is -0.557. The highest BCUT2D eigenvalue weighted by Gasteiger charge is 2.02. The van der Waals surface area contributed by atoms with Gasteiger partial charge >= 0.3 is 6.09 Å². The number of hydrogen-bond acceptors (Lipinski definition) is 2. The first-order valence-electron chi connectivity index (χ1n) is 3.43. The van der Waals surface area contributed by atoms with Gasteiger partial charge < -0.3 is 4.74 Å². The summed E-state index contributed by atoms with van der Waals surface area (Å²) in [6.07, 6.45) is -0.557. The molecule has 0 aromatic heterocycles. The van der Waals surface area contributed by atoms with E-state index in [2.05, 4.69) is 10.1 Å². The van der Waals surface area contributed by atoms with Crippen molar-refractivity contribution in [3.63, 3.8) is 0 Å². The SMILES string of the molecule is COC(=O)Nc1cc(Cl)cc(Cl)c1. The molecule has 1 rings (SSSR count). The van der Waals surface area contributed by atoms with Crippen molar-refractivity contribution in [2.75, 3.05) is 12.4 Å². The third kappa shape index (κ3) is 3.13. The lowest BCUT2D eigenvalue weighted by molar-refractivity contribution is 0.187. The number of nitrogens with one attached hydrogen (secondary N) is 1. The standard InChI is InChI=1S/C8H7Cl2NO2/c1-13-8(12)11-7-3-5(9)2-6(10)4-7/h2-4H,1H3,(H,11,12). The van der Waals surface area contributed by atoms with E-state index in [1.807, 2.05) is 0 Å². The number of methoxy groups -OCH3 is 1. The molecule has 0 saturated carbocycles. The molecule has 0 aliphatic heterocycles. The zero-order valence-corrected chi connectivity index (χ0v) is 8.32. The second kappa shape index (κ2) is 4.35. The molecular weight excluding hydrogens is 213 g/mol. The number of ether oxygens (including phenoxy) is 1. The van der Waals surface area contributed by atoms with Crippen LogP contribution in [0.5, 0.6) is 0 Å². The van der Waals surface area contributed by atoms with E-state index in [4.69, 9.17) is 23.2 Å². The summed E-state index contributed by atoms with van der Waals surface area (Å²) in [5.41, 5.74) is 0.504. The summed E-state index contributed by atoms with van der Waals surface area (Å²) in [5, 5.41) is 3.36. The molecule has 13 heavy (non-hydrogen) atoms. The Hall–Kier alpha value is -0.930. The van der Waals surface area contributed by atoms with E-state index >= 15 is 0 Å². The molecule has 0 fully saturated rings. The molecule has 3 nitrogen and oxygen atoms in total. The quantitative estimate of drug-likeness (QED) is 0.789. The predicted octanol–water partition coefficient (Wildman–Crippen LogP) is 3.17. The highest BCUT2D eigenvalue weighted by atomic mass is 35.5. The zero-order valence-electron chi connectivity index (χ0n) is 6.80. The van der Waals surface area contributed by atoms with Crippen LogP contribution >= 0.6 is 23.2 Å². The van der Waals surface area contributed by atoms with Gasteiger partial charge in [-0.25, -0.2) is 4.79 Å².